The summed E-state index contributed by atoms with van der Waals surface area (Å²) in [6.45, 7) is 1.29. The summed E-state index contributed by atoms with van der Waals surface area (Å²) in [4.78, 5) is 26.7. The number of benzene rings is 2. The predicted octanol–water partition coefficient (Wildman–Crippen LogP) is 2.50. The van der Waals surface area contributed by atoms with Gasteiger partial charge in [-0.1, -0.05) is 30.3 Å². The number of para-hydroxylation sites is 2. The summed E-state index contributed by atoms with van der Waals surface area (Å²) in [6, 6.07) is 17.4. The van der Waals surface area contributed by atoms with Crippen LogP contribution in [0.1, 0.15) is 26.5 Å². The number of phenols is 1. The van der Waals surface area contributed by atoms with Crippen LogP contribution in [0.2, 0.25) is 0 Å². The van der Waals surface area contributed by atoms with Gasteiger partial charge in [-0.2, -0.15) is 5.10 Å². The topological polar surface area (TPSA) is 87.5 Å². The van der Waals surface area contributed by atoms with Crippen LogP contribution in [0.25, 0.3) is 0 Å². The second-order valence-electron chi connectivity index (χ2n) is 6.31. The number of hydrogen-bond donors (Lipinski definition) is 2. The van der Waals surface area contributed by atoms with Crippen molar-refractivity contribution in [2.45, 2.75) is 13.1 Å². The van der Waals surface area contributed by atoms with Crippen molar-refractivity contribution >= 4 is 17.5 Å². The summed E-state index contributed by atoms with van der Waals surface area (Å²) in [5, 5.41) is 17.1. The number of aromatic hydroxyl groups is 1. The molecule has 2 heterocycles. The maximum Gasteiger partial charge on any atom is 0.276 e. The molecule has 2 amide bonds. The zero-order valence-corrected chi connectivity index (χ0v) is 14.5. The van der Waals surface area contributed by atoms with E-state index in [2.05, 4.69) is 10.4 Å². The van der Waals surface area contributed by atoms with Gasteiger partial charge in [0, 0.05) is 12.2 Å². The number of nitrogens with one attached hydrogen (secondary N) is 1. The minimum absolute atomic E-state index is 0.0375. The van der Waals surface area contributed by atoms with Crippen LogP contribution in [0.15, 0.2) is 60.7 Å². The van der Waals surface area contributed by atoms with Crippen molar-refractivity contribution in [3.8, 4) is 5.75 Å². The molecule has 1 aliphatic rings. The molecule has 0 aliphatic carbocycles. The van der Waals surface area contributed by atoms with Gasteiger partial charge in [-0.15, -0.1) is 0 Å². The van der Waals surface area contributed by atoms with E-state index < -0.39 is 0 Å². The zero-order chi connectivity index (χ0) is 18.8. The van der Waals surface area contributed by atoms with E-state index in [9.17, 15) is 14.7 Å². The van der Waals surface area contributed by atoms with E-state index in [0.717, 1.165) is 5.69 Å². The summed E-state index contributed by atoms with van der Waals surface area (Å²) in [5.74, 6) is -0.568. The van der Waals surface area contributed by atoms with Gasteiger partial charge in [-0.05, 0) is 30.3 Å². The highest BCUT2D eigenvalue weighted by Crippen LogP contribution is 2.21. The fraction of sp³-hybridized carbons (Fsp3) is 0.150. The highest BCUT2D eigenvalue weighted by molar-refractivity contribution is 6.03. The molecule has 136 valence electrons. The minimum atomic E-state index is -0.290. The summed E-state index contributed by atoms with van der Waals surface area (Å²) in [6.07, 6.45) is 0. The first-order valence-electron chi connectivity index (χ1n) is 8.62. The summed E-state index contributed by atoms with van der Waals surface area (Å²) < 4.78 is 1.74. The Hall–Kier alpha value is -3.61. The molecule has 7 nitrogen and oxygen atoms in total. The third kappa shape index (κ3) is 3.39. The highest BCUT2D eigenvalue weighted by Gasteiger charge is 2.26. The molecule has 7 heteroatoms. The Morgan fingerprint density at radius 3 is 2.52 bits per heavy atom. The number of anilines is 1. The second kappa shape index (κ2) is 6.95. The molecule has 0 spiro atoms. The number of amides is 2. The largest absolute Gasteiger partial charge is 0.507 e. The number of hydrogen-bond acceptors (Lipinski definition) is 4. The van der Waals surface area contributed by atoms with Crippen molar-refractivity contribution in [1.29, 1.82) is 0 Å². The van der Waals surface area contributed by atoms with Crippen LogP contribution in [0.3, 0.4) is 0 Å². The molecule has 1 aromatic heterocycles. The Labute approximate surface area is 155 Å². The lowest BCUT2D eigenvalue weighted by Crippen LogP contribution is -2.38. The SMILES string of the molecule is O=C(Nc1ccccc1)c1cc2n(n1)CCN(C(=O)c1ccccc1O)C2. The van der Waals surface area contributed by atoms with Gasteiger partial charge in [0.2, 0.25) is 0 Å². The third-order valence-corrected chi connectivity index (χ3v) is 4.48. The molecular weight excluding hydrogens is 344 g/mol. The van der Waals surface area contributed by atoms with Gasteiger partial charge in [0.1, 0.15) is 5.75 Å². The van der Waals surface area contributed by atoms with Gasteiger partial charge in [-0.25, -0.2) is 0 Å². The molecule has 4 rings (SSSR count). The third-order valence-electron chi connectivity index (χ3n) is 4.48. The Bertz CT molecular complexity index is 997. The maximum atomic E-state index is 12.7. The molecule has 0 saturated carbocycles. The van der Waals surface area contributed by atoms with Gasteiger partial charge < -0.3 is 15.3 Å². The quantitative estimate of drug-likeness (QED) is 0.749. The number of carbonyl (C=O) groups is 2. The molecule has 2 N–H and O–H groups in total. The first-order valence-corrected chi connectivity index (χ1v) is 8.62. The second-order valence-corrected chi connectivity index (χ2v) is 6.31. The average molecular weight is 362 g/mol. The minimum Gasteiger partial charge on any atom is -0.507 e. The lowest BCUT2D eigenvalue weighted by Gasteiger charge is -2.27. The van der Waals surface area contributed by atoms with Crippen LogP contribution in [-0.2, 0) is 13.1 Å². The number of aromatic nitrogens is 2. The fourth-order valence-corrected chi connectivity index (χ4v) is 3.09. The van der Waals surface area contributed by atoms with E-state index in [1.54, 1.807) is 46.0 Å². The van der Waals surface area contributed by atoms with Gasteiger partial charge in [0.25, 0.3) is 11.8 Å². The van der Waals surface area contributed by atoms with Gasteiger partial charge in [0.05, 0.1) is 24.3 Å². The van der Waals surface area contributed by atoms with Gasteiger partial charge in [-0.3, -0.25) is 14.3 Å². The fourth-order valence-electron chi connectivity index (χ4n) is 3.09. The van der Waals surface area contributed by atoms with Crippen LogP contribution in [0.4, 0.5) is 5.69 Å². The van der Waals surface area contributed by atoms with Crippen molar-refractivity contribution in [3.63, 3.8) is 0 Å². The number of carbonyl (C=O) groups excluding carboxylic acids is 2. The van der Waals surface area contributed by atoms with Crippen molar-refractivity contribution in [1.82, 2.24) is 14.7 Å². The molecule has 1 aliphatic heterocycles. The summed E-state index contributed by atoms with van der Waals surface area (Å²) in [7, 11) is 0. The normalized spacial score (nSPS) is 13.1. The summed E-state index contributed by atoms with van der Waals surface area (Å²) in [5.41, 5.74) is 2.06. The molecule has 27 heavy (non-hydrogen) atoms. The molecule has 2 aromatic carbocycles. The van der Waals surface area contributed by atoms with Crippen LogP contribution in [0, 0.1) is 0 Å². The van der Waals surface area contributed by atoms with Crippen molar-refractivity contribution in [3.05, 3.63) is 77.6 Å². The molecule has 0 fully saturated rings. The Morgan fingerprint density at radius 1 is 1.00 bits per heavy atom. The molecule has 3 aromatic rings. The van der Waals surface area contributed by atoms with Crippen LogP contribution in [-0.4, -0.2) is 38.1 Å². The number of nitrogens with zero attached hydrogens (tertiary/aromatic N) is 3. The lowest BCUT2D eigenvalue weighted by atomic mass is 10.1. The monoisotopic (exact) mass is 362 g/mol. The van der Waals surface area contributed by atoms with Crippen molar-refractivity contribution in [2.24, 2.45) is 0 Å². The average Bonchev–Trinajstić information content (AvgIpc) is 3.12. The van der Waals surface area contributed by atoms with E-state index in [4.69, 9.17) is 0 Å². The van der Waals surface area contributed by atoms with Gasteiger partial charge >= 0.3 is 0 Å². The van der Waals surface area contributed by atoms with Crippen molar-refractivity contribution in [2.75, 3.05) is 11.9 Å². The Morgan fingerprint density at radius 2 is 1.74 bits per heavy atom. The highest BCUT2D eigenvalue weighted by atomic mass is 16.3. The number of rotatable bonds is 3. The van der Waals surface area contributed by atoms with E-state index in [1.807, 2.05) is 18.2 Å². The first-order chi connectivity index (χ1) is 13.1. The molecule has 0 unspecified atom stereocenters. The van der Waals surface area contributed by atoms with E-state index in [1.165, 1.54) is 6.07 Å². The zero-order valence-electron chi connectivity index (χ0n) is 14.5. The first kappa shape index (κ1) is 16.8. The van der Waals surface area contributed by atoms with Gasteiger partial charge in [0.15, 0.2) is 5.69 Å². The van der Waals surface area contributed by atoms with Crippen LogP contribution in [0.5, 0.6) is 5.75 Å². The number of fused-ring (bicyclic) bond motifs is 1. The van der Waals surface area contributed by atoms with Crippen LogP contribution < -0.4 is 5.32 Å². The molecule has 0 radical (unpaired) electrons. The smallest absolute Gasteiger partial charge is 0.276 e. The van der Waals surface area contributed by atoms with E-state index in [-0.39, 0.29) is 23.1 Å². The molecule has 0 saturated heterocycles. The predicted molar refractivity (Wildman–Crippen MR) is 99.5 cm³/mol. The van der Waals surface area contributed by atoms with Crippen molar-refractivity contribution < 1.29 is 14.7 Å². The Kier molecular flexibility index (Phi) is 4.33. The standard InChI is InChI=1S/C20H18N4O3/c25-18-9-5-4-8-16(18)20(27)23-10-11-24-15(13-23)12-17(22-24)19(26)21-14-6-2-1-3-7-14/h1-9,12,25H,10-11,13H2,(H,21,26). The van der Waals surface area contributed by atoms with Crippen LogP contribution >= 0.6 is 0 Å². The maximum absolute atomic E-state index is 12.7. The lowest BCUT2D eigenvalue weighted by molar-refractivity contribution is 0.0702. The number of phenolic OH excluding ortho intramolecular Hbond substituents is 1. The molecule has 0 atom stereocenters. The van der Waals surface area contributed by atoms with E-state index >= 15 is 0 Å². The van der Waals surface area contributed by atoms with E-state index in [0.29, 0.717) is 31.0 Å². The summed E-state index contributed by atoms with van der Waals surface area (Å²) >= 11 is 0. The molecule has 0 bridgehead atoms. The Balaban J connectivity index is 1.50. The molecular formula is C20H18N4O3.